The summed E-state index contributed by atoms with van der Waals surface area (Å²) in [6.45, 7) is 0.0789. The van der Waals surface area contributed by atoms with Gasteiger partial charge in [0.2, 0.25) is 0 Å². The second-order valence-electron chi connectivity index (χ2n) is 4.55. The van der Waals surface area contributed by atoms with E-state index in [9.17, 15) is 9.59 Å². The number of pyridine rings is 1. The Kier molecular flexibility index (Phi) is 4.92. The summed E-state index contributed by atoms with van der Waals surface area (Å²) in [4.78, 5) is 26.7. The highest BCUT2D eigenvalue weighted by Crippen LogP contribution is 2.22. The Hall–Kier alpha value is -3.09. The van der Waals surface area contributed by atoms with Crippen molar-refractivity contribution in [3.63, 3.8) is 0 Å². The third-order valence-corrected chi connectivity index (χ3v) is 2.85. The van der Waals surface area contributed by atoms with Gasteiger partial charge in [0.15, 0.2) is 6.61 Å². The van der Waals surface area contributed by atoms with E-state index in [-0.39, 0.29) is 18.3 Å². The van der Waals surface area contributed by atoms with Crippen LogP contribution >= 0.6 is 0 Å². The van der Waals surface area contributed by atoms with Crippen molar-refractivity contribution in [3.8, 4) is 5.75 Å². The Bertz CT molecular complexity index is 674. The predicted octanol–water partition coefficient (Wildman–Crippen LogP) is 0.458. The first-order chi connectivity index (χ1) is 10.6. The SMILES string of the molecule is NC(=O)COc1cc(C(=O)NCc2ccncc2)ccc1N. The fourth-order valence-electron chi connectivity index (χ4n) is 1.73. The van der Waals surface area contributed by atoms with E-state index in [2.05, 4.69) is 10.3 Å². The van der Waals surface area contributed by atoms with Gasteiger partial charge < -0.3 is 21.5 Å². The zero-order valence-electron chi connectivity index (χ0n) is 11.8. The van der Waals surface area contributed by atoms with Crippen LogP contribution in [-0.4, -0.2) is 23.4 Å². The van der Waals surface area contributed by atoms with Crippen molar-refractivity contribution in [2.75, 3.05) is 12.3 Å². The van der Waals surface area contributed by atoms with Gasteiger partial charge in [-0.05, 0) is 35.9 Å². The van der Waals surface area contributed by atoms with Gasteiger partial charge in [0, 0.05) is 24.5 Å². The number of primary amides is 1. The molecule has 0 fully saturated rings. The Balaban J connectivity index is 2.03. The number of nitrogens with two attached hydrogens (primary N) is 2. The van der Waals surface area contributed by atoms with Crippen molar-refractivity contribution in [2.24, 2.45) is 5.73 Å². The molecule has 1 aromatic carbocycles. The van der Waals surface area contributed by atoms with Crippen LogP contribution in [0.1, 0.15) is 15.9 Å². The molecule has 0 aliphatic carbocycles. The number of nitrogens with one attached hydrogen (secondary N) is 1. The third kappa shape index (κ3) is 4.20. The summed E-state index contributed by atoms with van der Waals surface area (Å²) in [7, 11) is 0. The van der Waals surface area contributed by atoms with Crippen LogP contribution in [0, 0.1) is 0 Å². The van der Waals surface area contributed by atoms with Crippen molar-refractivity contribution >= 4 is 17.5 Å². The Morgan fingerprint density at radius 2 is 1.91 bits per heavy atom. The molecule has 22 heavy (non-hydrogen) atoms. The normalized spacial score (nSPS) is 10.0. The van der Waals surface area contributed by atoms with Crippen molar-refractivity contribution in [3.05, 3.63) is 53.9 Å². The van der Waals surface area contributed by atoms with Gasteiger partial charge in [-0.3, -0.25) is 14.6 Å². The molecule has 5 N–H and O–H groups in total. The number of hydrogen-bond acceptors (Lipinski definition) is 5. The topological polar surface area (TPSA) is 120 Å². The fraction of sp³-hybridized carbons (Fsp3) is 0.133. The number of hydrogen-bond donors (Lipinski definition) is 3. The molecule has 0 atom stereocenters. The molecule has 0 aliphatic rings. The van der Waals surface area contributed by atoms with Crippen LogP contribution in [0.15, 0.2) is 42.7 Å². The highest BCUT2D eigenvalue weighted by Gasteiger charge is 2.10. The summed E-state index contributed by atoms with van der Waals surface area (Å²) in [5, 5.41) is 2.77. The molecule has 0 bridgehead atoms. The number of benzene rings is 1. The Morgan fingerprint density at radius 1 is 1.18 bits per heavy atom. The van der Waals surface area contributed by atoms with Gasteiger partial charge in [0.05, 0.1) is 5.69 Å². The standard InChI is InChI=1S/C15H16N4O3/c16-12-2-1-11(7-13(12)22-9-14(17)20)15(21)19-8-10-3-5-18-6-4-10/h1-7H,8-9,16H2,(H2,17,20)(H,19,21). The summed E-state index contributed by atoms with van der Waals surface area (Å²) in [5.74, 6) is -0.650. The second-order valence-corrected chi connectivity index (χ2v) is 4.55. The van der Waals surface area contributed by atoms with E-state index in [0.29, 0.717) is 17.8 Å². The van der Waals surface area contributed by atoms with Gasteiger partial charge in [0.1, 0.15) is 5.75 Å². The summed E-state index contributed by atoms with van der Waals surface area (Å²) in [5.41, 5.74) is 12.4. The molecule has 1 aromatic heterocycles. The molecule has 1 heterocycles. The van der Waals surface area contributed by atoms with Crippen LogP contribution in [-0.2, 0) is 11.3 Å². The lowest BCUT2D eigenvalue weighted by Gasteiger charge is -2.10. The summed E-state index contributed by atoms with van der Waals surface area (Å²) in [6, 6.07) is 8.21. The second kappa shape index (κ2) is 7.07. The summed E-state index contributed by atoms with van der Waals surface area (Å²) < 4.78 is 5.16. The van der Waals surface area contributed by atoms with E-state index in [1.165, 1.54) is 12.1 Å². The smallest absolute Gasteiger partial charge is 0.255 e. The number of carbonyl (C=O) groups is 2. The van der Waals surface area contributed by atoms with Gasteiger partial charge in [-0.1, -0.05) is 0 Å². The Morgan fingerprint density at radius 3 is 2.59 bits per heavy atom. The predicted molar refractivity (Wildman–Crippen MR) is 81.0 cm³/mol. The van der Waals surface area contributed by atoms with Crippen LogP contribution in [0.4, 0.5) is 5.69 Å². The molecule has 0 saturated carbocycles. The number of ether oxygens (including phenoxy) is 1. The summed E-state index contributed by atoms with van der Waals surface area (Å²) >= 11 is 0. The van der Waals surface area contributed by atoms with Gasteiger partial charge in [0.25, 0.3) is 11.8 Å². The molecule has 7 heteroatoms. The number of anilines is 1. The first kappa shape index (κ1) is 15.3. The van der Waals surface area contributed by atoms with Gasteiger partial charge in [-0.2, -0.15) is 0 Å². The quantitative estimate of drug-likeness (QED) is 0.669. The lowest BCUT2D eigenvalue weighted by molar-refractivity contribution is -0.119. The molecule has 0 radical (unpaired) electrons. The molecule has 0 aliphatic heterocycles. The molecular weight excluding hydrogens is 284 g/mol. The molecular formula is C15H16N4O3. The molecule has 2 rings (SSSR count). The van der Waals surface area contributed by atoms with Crippen molar-refractivity contribution in [1.82, 2.24) is 10.3 Å². The molecule has 114 valence electrons. The van der Waals surface area contributed by atoms with Gasteiger partial charge in [-0.15, -0.1) is 0 Å². The first-order valence-electron chi connectivity index (χ1n) is 6.54. The molecule has 7 nitrogen and oxygen atoms in total. The number of nitrogen functional groups attached to an aromatic ring is 1. The molecule has 0 unspecified atom stereocenters. The van der Waals surface area contributed by atoms with Crippen LogP contribution < -0.4 is 21.5 Å². The number of carbonyl (C=O) groups excluding carboxylic acids is 2. The van der Waals surface area contributed by atoms with E-state index in [4.69, 9.17) is 16.2 Å². The molecule has 0 saturated heterocycles. The van der Waals surface area contributed by atoms with Crippen molar-refractivity contribution < 1.29 is 14.3 Å². The number of aromatic nitrogens is 1. The first-order valence-corrected chi connectivity index (χ1v) is 6.54. The lowest BCUT2D eigenvalue weighted by atomic mass is 10.1. The number of nitrogens with zero attached hydrogens (tertiary/aromatic N) is 1. The molecule has 2 aromatic rings. The van der Waals surface area contributed by atoms with Crippen LogP contribution in [0.2, 0.25) is 0 Å². The minimum Gasteiger partial charge on any atom is -0.482 e. The number of amides is 2. The monoisotopic (exact) mass is 300 g/mol. The van der Waals surface area contributed by atoms with E-state index >= 15 is 0 Å². The summed E-state index contributed by atoms with van der Waals surface area (Å²) in [6.07, 6.45) is 3.31. The average molecular weight is 300 g/mol. The minimum atomic E-state index is -0.619. The zero-order chi connectivity index (χ0) is 15.9. The van der Waals surface area contributed by atoms with Gasteiger partial charge in [-0.25, -0.2) is 0 Å². The van der Waals surface area contributed by atoms with Crippen LogP contribution in [0.25, 0.3) is 0 Å². The molecule has 2 amide bonds. The zero-order valence-corrected chi connectivity index (χ0v) is 11.8. The largest absolute Gasteiger partial charge is 0.482 e. The highest BCUT2D eigenvalue weighted by molar-refractivity contribution is 5.95. The van der Waals surface area contributed by atoms with Crippen LogP contribution in [0.3, 0.4) is 0 Å². The maximum atomic E-state index is 12.1. The maximum absolute atomic E-state index is 12.1. The lowest BCUT2D eigenvalue weighted by Crippen LogP contribution is -2.23. The number of rotatable bonds is 6. The average Bonchev–Trinajstić information content (AvgIpc) is 2.52. The van der Waals surface area contributed by atoms with Crippen molar-refractivity contribution in [2.45, 2.75) is 6.54 Å². The third-order valence-electron chi connectivity index (χ3n) is 2.85. The van der Waals surface area contributed by atoms with E-state index in [1.54, 1.807) is 18.5 Å². The van der Waals surface area contributed by atoms with E-state index < -0.39 is 5.91 Å². The maximum Gasteiger partial charge on any atom is 0.255 e. The highest BCUT2D eigenvalue weighted by atomic mass is 16.5. The molecule has 0 spiro atoms. The van der Waals surface area contributed by atoms with Gasteiger partial charge >= 0.3 is 0 Å². The van der Waals surface area contributed by atoms with E-state index in [1.807, 2.05) is 12.1 Å². The fourth-order valence-corrected chi connectivity index (χ4v) is 1.73. The Labute approximate surface area is 127 Å². The minimum absolute atomic E-state index is 0.246. The van der Waals surface area contributed by atoms with Crippen molar-refractivity contribution in [1.29, 1.82) is 0 Å². The van der Waals surface area contributed by atoms with E-state index in [0.717, 1.165) is 5.56 Å². The van der Waals surface area contributed by atoms with Crippen LogP contribution in [0.5, 0.6) is 5.75 Å².